The van der Waals surface area contributed by atoms with Crippen LogP contribution in [0.5, 0.6) is 0 Å². The molecule has 1 aliphatic heterocycles. The van der Waals surface area contributed by atoms with E-state index in [1.54, 1.807) is 16.2 Å². The van der Waals surface area contributed by atoms with Crippen molar-refractivity contribution in [1.82, 2.24) is 10.2 Å². The van der Waals surface area contributed by atoms with E-state index in [4.69, 9.17) is 0 Å². The van der Waals surface area contributed by atoms with Gasteiger partial charge in [-0.1, -0.05) is 36.4 Å². The summed E-state index contributed by atoms with van der Waals surface area (Å²) in [7, 11) is 0. The van der Waals surface area contributed by atoms with E-state index in [2.05, 4.69) is 5.32 Å². The van der Waals surface area contributed by atoms with Crippen molar-refractivity contribution >= 4 is 23.2 Å². The van der Waals surface area contributed by atoms with Crippen LogP contribution in [0.4, 0.5) is 0 Å². The maximum Gasteiger partial charge on any atom is 0.320 e. The third kappa shape index (κ3) is 3.83. The molecule has 0 saturated carbocycles. The molecule has 1 unspecified atom stereocenters. The molecular formula is C18H20N2O3S. The van der Waals surface area contributed by atoms with E-state index in [0.717, 1.165) is 16.9 Å². The Morgan fingerprint density at radius 2 is 2.04 bits per heavy atom. The van der Waals surface area contributed by atoms with E-state index in [0.29, 0.717) is 13.0 Å². The van der Waals surface area contributed by atoms with Gasteiger partial charge in [0.25, 0.3) is 0 Å². The number of likely N-dealkylation sites (tertiary alicyclic amines) is 1. The van der Waals surface area contributed by atoms with E-state index in [9.17, 15) is 14.7 Å². The highest BCUT2D eigenvalue weighted by molar-refractivity contribution is 7.10. The topological polar surface area (TPSA) is 69.6 Å². The summed E-state index contributed by atoms with van der Waals surface area (Å²) in [4.78, 5) is 26.6. The zero-order valence-electron chi connectivity index (χ0n) is 13.2. The van der Waals surface area contributed by atoms with E-state index in [1.807, 2.05) is 47.8 Å². The van der Waals surface area contributed by atoms with Crippen molar-refractivity contribution in [3.63, 3.8) is 0 Å². The maximum absolute atomic E-state index is 12.5. The zero-order chi connectivity index (χ0) is 16.9. The molecule has 0 spiro atoms. The average molecular weight is 344 g/mol. The lowest BCUT2D eigenvalue weighted by Crippen LogP contribution is -2.43. The summed E-state index contributed by atoms with van der Waals surface area (Å²) in [5.74, 6) is -0.997. The number of hydrogen-bond acceptors (Lipinski definition) is 4. The SMILES string of the molecule is O=C(CN1CCC[C@@H]1C(=O)O)NC(c1ccccc1)c1cccs1. The standard InChI is InChI=1S/C18H20N2O3S/c21-16(12-20-10-4-8-14(20)18(22)23)19-17(15-9-5-11-24-15)13-6-2-1-3-7-13/h1-3,5-7,9,11,14,17H,4,8,10,12H2,(H,19,21)(H,22,23)/t14-,17?/m1/s1. The number of thiophene rings is 1. The molecule has 126 valence electrons. The van der Waals surface area contributed by atoms with Gasteiger partial charge in [0.1, 0.15) is 6.04 Å². The first kappa shape index (κ1) is 16.7. The summed E-state index contributed by atoms with van der Waals surface area (Å²) in [6, 6.07) is 13.0. The monoisotopic (exact) mass is 344 g/mol. The molecule has 2 aromatic rings. The molecule has 2 heterocycles. The second kappa shape index (κ2) is 7.59. The van der Waals surface area contributed by atoms with Crippen LogP contribution in [-0.4, -0.2) is 41.0 Å². The van der Waals surface area contributed by atoms with Crippen molar-refractivity contribution in [2.45, 2.75) is 24.9 Å². The van der Waals surface area contributed by atoms with Gasteiger partial charge in [0, 0.05) is 4.88 Å². The smallest absolute Gasteiger partial charge is 0.320 e. The summed E-state index contributed by atoms with van der Waals surface area (Å²) >= 11 is 1.59. The molecule has 24 heavy (non-hydrogen) atoms. The van der Waals surface area contributed by atoms with Gasteiger partial charge in [-0.05, 0) is 36.4 Å². The van der Waals surface area contributed by atoms with Crippen LogP contribution < -0.4 is 5.32 Å². The minimum absolute atomic E-state index is 0.117. The van der Waals surface area contributed by atoms with Crippen LogP contribution >= 0.6 is 11.3 Å². The second-order valence-corrected chi connectivity index (χ2v) is 6.87. The predicted octanol–water partition coefficient (Wildman–Crippen LogP) is 2.50. The second-order valence-electron chi connectivity index (χ2n) is 5.89. The van der Waals surface area contributed by atoms with Gasteiger partial charge in [-0.2, -0.15) is 0 Å². The Morgan fingerprint density at radius 3 is 2.71 bits per heavy atom. The summed E-state index contributed by atoms with van der Waals surface area (Å²) in [6.07, 6.45) is 1.42. The Bertz CT molecular complexity index is 688. The number of benzene rings is 1. The van der Waals surface area contributed by atoms with Crippen LogP contribution in [0.1, 0.15) is 29.3 Å². The molecular weight excluding hydrogens is 324 g/mol. The molecule has 0 bridgehead atoms. The highest BCUT2D eigenvalue weighted by Gasteiger charge is 2.32. The number of carboxylic acid groups (broad SMARTS) is 1. The van der Waals surface area contributed by atoms with Gasteiger partial charge in [0.15, 0.2) is 0 Å². The molecule has 1 amide bonds. The van der Waals surface area contributed by atoms with Crippen molar-refractivity contribution in [3.8, 4) is 0 Å². The lowest BCUT2D eigenvalue weighted by atomic mass is 10.1. The fraction of sp³-hybridized carbons (Fsp3) is 0.333. The lowest BCUT2D eigenvalue weighted by Gasteiger charge is -2.23. The normalized spacial score (nSPS) is 19.1. The minimum Gasteiger partial charge on any atom is -0.480 e. The number of carboxylic acids is 1. The van der Waals surface area contributed by atoms with Gasteiger partial charge in [-0.15, -0.1) is 11.3 Å². The van der Waals surface area contributed by atoms with Crippen molar-refractivity contribution < 1.29 is 14.7 Å². The molecule has 0 radical (unpaired) electrons. The Kier molecular flexibility index (Phi) is 5.27. The third-order valence-electron chi connectivity index (χ3n) is 4.26. The van der Waals surface area contributed by atoms with Crippen molar-refractivity contribution in [1.29, 1.82) is 0 Å². The largest absolute Gasteiger partial charge is 0.480 e. The van der Waals surface area contributed by atoms with Gasteiger partial charge in [-0.3, -0.25) is 14.5 Å². The first-order valence-corrected chi connectivity index (χ1v) is 8.87. The molecule has 6 heteroatoms. The van der Waals surface area contributed by atoms with Crippen LogP contribution in [0.2, 0.25) is 0 Å². The fourth-order valence-corrected chi connectivity index (χ4v) is 3.91. The first-order chi connectivity index (χ1) is 11.6. The number of aliphatic carboxylic acids is 1. The Balaban J connectivity index is 1.71. The molecule has 0 aliphatic carbocycles. The first-order valence-electron chi connectivity index (χ1n) is 7.99. The van der Waals surface area contributed by atoms with E-state index < -0.39 is 12.0 Å². The van der Waals surface area contributed by atoms with E-state index in [1.165, 1.54) is 0 Å². The summed E-state index contributed by atoms with van der Waals surface area (Å²) in [5, 5.41) is 14.3. The van der Waals surface area contributed by atoms with Crippen molar-refractivity contribution in [2.75, 3.05) is 13.1 Å². The van der Waals surface area contributed by atoms with E-state index >= 15 is 0 Å². The van der Waals surface area contributed by atoms with Gasteiger partial charge in [0.2, 0.25) is 5.91 Å². The number of carbonyl (C=O) groups is 2. The quantitative estimate of drug-likeness (QED) is 0.845. The van der Waals surface area contributed by atoms with Crippen molar-refractivity contribution in [2.24, 2.45) is 0 Å². The van der Waals surface area contributed by atoms with Crippen LogP contribution in [0.3, 0.4) is 0 Å². The number of rotatable bonds is 6. The molecule has 3 rings (SSSR count). The average Bonchev–Trinajstić information content (AvgIpc) is 3.25. The molecule has 1 aliphatic rings. The maximum atomic E-state index is 12.5. The fourth-order valence-electron chi connectivity index (χ4n) is 3.11. The van der Waals surface area contributed by atoms with Crippen LogP contribution in [0.15, 0.2) is 47.8 Å². The highest BCUT2D eigenvalue weighted by Crippen LogP contribution is 2.26. The Labute approximate surface area is 144 Å². The number of nitrogens with zero attached hydrogens (tertiary/aromatic N) is 1. The van der Waals surface area contributed by atoms with Crippen LogP contribution in [0, 0.1) is 0 Å². The number of hydrogen-bond donors (Lipinski definition) is 2. The molecule has 2 N–H and O–H groups in total. The molecule has 1 saturated heterocycles. The number of carbonyl (C=O) groups excluding carboxylic acids is 1. The summed E-state index contributed by atoms with van der Waals surface area (Å²) in [5.41, 5.74) is 1.02. The van der Waals surface area contributed by atoms with Crippen LogP contribution in [0.25, 0.3) is 0 Å². The molecule has 2 atom stereocenters. The summed E-state index contributed by atoms with van der Waals surface area (Å²) < 4.78 is 0. The van der Waals surface area contributed by atoms with Gasteiger partial charge >= 0.3 is 5.97 Å². The van der Waals surface area contributed by atoms with Gasteiger partial charge in [-0.25, -0.2) is 0 Å². The number of nitrogens with one attached hydrogen (secondary N) is 1. The Hall–Kier alpha value is -2.18. The highest BCUT2D eigenvalue weighted by atomic mass is 32.1. The minimum atomic E-state index is -0.849. The third-order valence-corrected chi connectivity index (χ3v) is 5.20. The van der Waals surface area contributed by atoms with E-state index in [-0.39, 0.29) is 18.5 Å². The molecule has 1 fully saturated rings. The van der Waals surface area contributed by atoms with Gasteiger partial charge < -0.3 is 10.4 Å². The summed E-state index contributed by atoms with van der Waals surface area (Å²) in [6.45, 7) is 0.769. The van der Waals surface area contributed by atoms with Crippen molar-refractivity contribution in [3.05, 3.63) is 58.3 Å². The molecule has 1 aromatic heterocycles. The Morgan fingerprint density at radius 1 is 1.25 bits per heavy atom. The molecule has 5 nitrogen and oxygen atoms in total. The molecule has 1 aromatic carbocycles. The predicted molar refractivity (Wildman–Crippen MR) is 93.0 cm³/mol. The van der Waals surface area contributed by atoms with Gasteiger partial charge in [0.05, 0.1) is 12.6 Å². The van der Waals surface area contributed by atoms with Crippen LogP contribution in [-0.2, 0) is 9.59 Å². The zero-order valence-corrected chi connectivity index (χ0v) is 14.0. The number of amides is 1. The lowest BCUT2D eigenvalue weighted by molar-refractivity contribution is -0.142.